The van der Waals surface area contributed by atoms with Gasteiger partial charge in [0.15, 0.2) is 5.15 Å². The van der Waals surface area contributed by atoms with Crippen LogP contribution in [0, 0.1) is 0 Å². The number of rotatable bonds is 1. The molecule has 0 bridgehead atoms. The fourth-order valence-corrected chi connectivity index (χ4v) is 3.20. The molecule has 0 saturated heterocycles. The SMILES string of the molecule is CC1CCCn2c(C3CCC3)nc(Cl)c21. The predicted molar refractivity (Wildman–Crippen MR) is 61.5 cm³/mol. The van der Waals surface area contributed by atoms with Crippen molar-refractivity contribution in [3.8, 4) is 0 Å². The molecule has 0 aromatic carbocycles. The van der Waals surface area contributed by atoms with E-state index in [4.69, 9.17) is 11.6 Å². The highest BCUT2D eigenvalue weighted by Crippen LogP contribution is 2.41. The second-order valence-electron chi connectivity index (χ2n) is 4.97. The smallest absolute Gasteiger partial charge is 0.150 e. The Morgan fingerprint density at radius 3 is 2.73 bits per heavy atom. The van der Waals surface area contributed by atoms with E-state index in [-0.39, 0.29) is 0 Å². The average Bonchev–Trinajstić information content (AvgIpc) is 2.43. The molecule has 0 spiro atoms. The Hall–Kier alpha value is -0.500. The molecule has 2 nitrogen and oxygen atoms in total. The zero-order valence-corrected chi connectivity index (χ0v) is 9.93. The van der Waals surface area contributed by atoms with E-state index in [9.17, 15) is 0 Å². The maximum atomic E-state index is 6.25. The van der Waals surface area contributed by atoms with Gasteiger partial charge in [0.2, 0.25) is 0 Å². The molecule has 1 aromatic rings. The molecule has 82 valence electrons. The van der Waals surface area contributed by atoms with E-state index in [0.29, 0.717) is 11.8 Å². The summed E-state index contributed by atoms with van der Waals surface area (Å²) >= 11 is 6.25. The lowest BCUT2D eigenvalue weighted by Gasteiger charge is -2.28. The van der Waals surface area contributed by atoms with Gasteiger partial charge in [0, 0.05) is 12.5 Å². The number of nitrogens with zero attached hydrogens (tertiary/aromatic N) is 2. The highest BCUT2D eigenvalue weighted by molar-refractivity contribution is 6.30. The third-order valence-corrected chi connectivity index (χ3v) is 4.23. The molecule has 0 amide bonds. The van der Waals surface area contributed by atoms with Gasteiger partial charge in [0.1, 0.15) is 5.82 Å². The number of aromatic nitrogens is 2. The van der Waals surface area contributed by atoms with Gasteiger partial charge in [-0.05, 0) is 31.6 Å². The van der Waals surface area contributed by atoms with E-state index in [1.54, 1.807) is 0 Å². The van der Waals surface area contributed by atoms with E-state index in [0.717, 1.165) is 11.7 Å². The van der Waals surface area contributed by atoms with E-state index in [1.165, 1.54) is 43.6 Å². The Labute approximate surface area is 95.6 Å². The standard InChI is InChI=1S/C12H17ClN2/c1-8-4-3-7-15-10(8)11(13)14-12(15)9-5-2-6-9/h8-9H,2-7H2,1H3. The summed E-state index contributed by atoms with van der Waals surface area (Å²) in [5.41, 5.74) is 1.30. The summed E-state index contributed by atoms with van der Waals surface area (Å²) in [6.07, 6.45) is 6.51. The van der Waals surface area contributed by atoms with Gasteiger partial charge in [0.05, 0.1) is 5.69 Å². The van der Waals surface area contributed by atoms with Crippen LogP contribution in [0.25, 0.3) is 0 Å². The van der Waals surface area contributed by atoms with Crippen LogP contribution >= 0.6 is 11.6 Å². The molecule has 15 heavy (non-hydrogen) atoms. The first kappa shape index (κ1) is 9.71. The van der Waals surface area contributed by atoms with E-state index < -0.39 is 0 Å². The van der Waals surface area contributed by atoms with E-state index >= 15 is 0 Å². The van der Waals surface area contributed by atoms with Gasteiger partial charge in [-0.2, -0.15) is 0 Å². The minimum atomic E-state index is 0.590. The first-order valence-electron chi connectivity index (χ1n) is 6.03. The van der Waals surface area contributed by atoms with Crippen molar-refractivity contribution in [3.63, 3.8) is 0 Å². The first-order chi connectivity index (χ1) is 7.27. The summed E-state index contributed by atoms with van der Waals surface area (Å²) in [6.45, 7) is 3.40. The van der Waals surface area contributed by atoms with Crippen LogP contribution in [0.3, 0.4) is 0 Å². The second kappa shape index (κ2) is 3.51. The monoisotopic (exact) mass is 224 g/mol. The van der Waals surface area contributed by atoms with Crippen LogP contribution in [-0.2, 0) is 6.54 Å². The van der Waals surface area contributed by atoms with Crippen molar-refractivity contribution in [2.45, 2.75) is 57.4 Å². The molecule has 1 unspecified atom stereocenters. The summed E-state index contributed by atoms with van der Waals surface area (Å²) in [4.78, 5) is 4.59. The highest BCUT2D eigenvalue weighted by Gasteiger charge is 2.30. The van der Waals surface area contributed by atoms with Crippen molar-refractivity contribution >= 4 is 11.6 Å². The fraction of sp³-hybridized carbons (Fsp3) is 0.750. The maximum absolute atomic E-state index is 6.25. The Morgan fingerprint density at radius 1 is 1.27 bits per heavy atom. The van der Waals surface area contributed by atoms with Gasteiger partial charge in [-0.15, -0.1) is 0 Å². The quantitative estimate of drug-likeness (QED) is 0.711. The second-order valence-corrected chi connectivity index (χ2v) is 5.33. The summed E-state index contributed by atoms with van der Waals surface area (Å²) < 4.78 is 2.40. The molecular formula is C12H17ClN2. The van der Waals surface area contributed by atoms with Gasteiger partial charge in [-0.1, -0.05) is 24.9 Å². The molecule has 0 N–H and O–H groups in total. The molecule has 1 fully saturated rings. The highest BCUT2D eigenvalue weighted by atomic mass is 35.5. The Morgan fingerprint density at radius 2 is 2.07 bits per heavy atom. The number of hydrogen-bond acceptors (Lipinski definition) is 1. The first-order valence-corrected chi connectivity index (χ1v) is 6.41. The van der Waals surface area contributed by atoms with E-state index in [1.807, 2.05) is 0 Å². The third-order valence-electron chi connectivity index (χ3n) is 3.95. The van der Waals surface area contributed by atoms with Crippen LogP contribution in [0.1, 0.15) is 62.4 Å². The van der Waals surface area contributed by atoms with Gasteiger partial charge >= 0.3 is 0 Å². The minimum absolute atomic E-state index is 0.590. The molecule has 1 aliphatic carbocycles. The Kier molecular flexibility index (Phi) is 2.27. The van der Waals surface area contributed by atoms with Crippen molar-refractivity contribution in [1.82, 2.24) is 9.55 Å². The van der Waals surface area contributed by atoms with Crippen LogP contribution in [0.5, 0.6) is 0 Å². The molecule has 1 aliphatic heterocycles. The molecule has 0 radical (unpaired) electrons. The minimum Gasteiger partial charge on any atom is -0.330 e. The predicted octanol–water partition coefficient (Wildman–Crippen LogP) is 3.70. The molecule has 3 rings (SSSR count). The lowest BCUT2D eigenvalue weighted by Crippen LogP contribution is -2.20. The fourth-order valence-electron chi connectivity index (χ4n) is 2.83. The van der Waals surface area contributed by atoms with E-state index in [2.05, 4.69) is 16.5 Å². The summed E-state index contributed by atoms with van der Waals surface area (Å²) in [5, 5.41) is 0.768. The molecule has 1 atom stereocenters. The molecule has 1 saturated carbocycles. The number of imidazole rings is 1. The molecule has 3 heteroatoms. The Bertz CT molecular complexity index is 379. The zero-order valence-electron chi connectivity index (χ0n) is 9.17. The lowest BCUT2D eigenvalue weighted by molar-refractivity contribution is 0.369. The van der Waals surface area contributed by atoms with Crippen molar-refractivity contribution in [1.29, 1.82) is 0 Å². The van der Waals surface area contributed by atoms with Crippen LogP contribution in [-0.4, -0.2) is 9.55 Å². The largest absolute Gasteiger partial charge is 0.330 e. The maximum Gasteiger partial charge on any atom is 0.150 e. The third kappa shape index (κ3) is 1.42. The van der Waals surface area contributed by atoms with Crippen molar-refractivity contribution < 1.29 is 0 Å². The van der Waals surface area contributed by atoms with Crippen molar-refractivity contribution in [2.24, 2.45) is 0 Å². The van der Waals surface area contributed by atoms with Gasteiger partial charge in [-0.25, -0.2) is 4.98 Å². The lowest BCUT2D eigenvalue weighted by atomic mass is 9.84. The number of hydrogen-bond donors (Lipinski definition) is 0. The van der Waals surface area contributed by atoms with Crippen LogP contribution in [0.2, 0.25) is 5.15 Å². The zero-order chi connectivity index (χ0) is 10.4. The van der Waals surface area contributed by atoms with Gasteiger partial charge in [0.25, 0.3) is 0 Å². The molecule has 2 aliphatic rings. The van der Waals surface area contributed by atoms with Crippen molar-refractivity contribution in [3.05, 3.63) is 16.7 Å². The van der Waals surface area contributed by atoms with Crippen molar-refractivity contribution in [2.75, 3.05) is 0 Å². The summed E-state index contributed by atoms with van der Waals surface area (Å²) in [5.74, 6) is 2.56. The van der Waals surface area contributed by atoms with Crippen LogP contribution < -0.4 is 0 Å². The number of halogens is 1. The molecule has 2 heterocycles. The Balaban J connectivity index is 2.05. The number of fused-ring (bicyclic) bond motifs is 1. The van der Waals surface area contributed by atoms with Gasteiger partial charge in [-0.3, -0.25) is 0 Å². The average molecular weight is 225 g/mol. The topological polar surface area (TPSA) is 17.8 Å². The van der Waals surface area contributed by atoms with Crippen LogP contribution in [0.15, 0.2) is 0 Å². The van der Waals surface area contributed by atoms with Gasteiger partial charge < -0.3 is 4.57 Å². The van der Waals surface area contributed by atoms with Crippen LogP contribution in [0.4, 0.5) is 0 Å². The molecule has 1 aromatic heterocycles. The molecular weight excluding hydrogens is 208 g/mol. The summed E-state index contributed by atoms with van der Waals surface area (Å²) in [6, 6.07) is 0. The summed E-state index contributed by atoms with van der Waals surface area (Å²) in [7, 11) is 0. The normalized spacial score (nSPS) is 26.1.